The maximum Gasteiger partial charge on any atom is 0.240 e. The first-order valence-corrected chi connectivity index (χ1v) is 12.4. The van der Waals surface area contributed by atoms with Crippen LogP contribution in [0, 0.1) is 0 Å². The Labute approximate surface area is 193 Å². The van der Waals surface area contributed by atoms with Gasteiger partial charge in [-0.3, -0.25) is 0 Å². The number of rotatable bonds is 7. The van der Waals surface area contributed by atoms with E-state index in [4.69, 9.17) is 5.73 Å². The number of aromatic amines is 2. The Balaban J connectivity index is 0.000000183. The fourth-order valence-electron chi connectivity index (χ4n) is 3.84. The highest BCUT2D eigenvalue weighted by Gasteiger charge is 2.12. The fraction of sp³-hybridized carbons (Fsp3) is 0.154. The molecule has 0 radical (unpaired) electrons. The first-order chi connectivity index (χ1) is 16.1. The summed E-state index contributed by atoms with van der Waals surface area (Å²) in [5.74, 6) is 0. The third-order valence-electron chi connectivity index (χ3n) is 5.50. The number of H-pyrrole nitrogens is 2. The molecule has 0 aliphatic heterocycles. The van der Waals surface area contributed by atoms with E-state index >= 15 is 0 Å². The Morgan fingerprint density at radius 2 is 1.21 bits per heavy atom. The van der Waals surface area contributed by atoms with Crippen molar-refractivity contribution < 1.29 is 8.42 Å². The first kappa shape index (κ1) is 22.8. The van der Waals surface area contributed by atoms with Crippen molar-refractivity contribution in [3.05, 3.63) is 102 Å². The molecule has 5 rings (SSSR count). The van der Waals surface area contributed by atoms with Gasteiger partial charge in [0.25, 0.3) is 0 Å². The van der Waals surface area contributed by atoms with E-state index in [1.807, 2.05) is 42.7 Å². The monoisotopic (exact) mass is 460 g/mol. The van der Waals surface area contributed by atoms with Crippen molar-refractivity contribution in [1.29, 1.82) is 0 Å². The van der Waals surface area contributed by atoms with E-state index in [-0.39, 0.29) is 0 Å². The third kappa shape index (κ3) is 5.51. The molecule has 0 unspecified atom stereocenters. The molecule has 5 aromatic rings. The van der Waals surface area contributed by atoms with Gasteiger partial charge in [0.05, 0.1) is 4.90 Å². The van der Waals surface area contributed by atoms with Crippen LogP contribution in [-0.2, 0) is 22.9 Å². The van der Waals surface area contributed by atoms with E-state index in [9.17, 15) is 8.42 Å². The van der Waals surface area contributed by atoms with E-state index in [2.05, 4.69) is 32.9 Å². The number of aromatic nitrogens is 2. The highest BCUT2D eigenvalue weighted by molar-refractivity contribution is 7.89. The number of benzene rings is 3. The van der Waals surface area contributed by atoms with Crippen LogP contribution in [0.25, 0.3) is 21.8 Å². The van der Waals surface area contributed by atoms with Gasteiger partial charge in [-0.05, 0) is 54.8 Å². The molecule has 33 heavy (non-hydrogen) atoms. The summed E-state index contributed by atoms with van der Waals surface area (Å²) in [4.78, 5) is 6.70. The maximum absolute atomic E-state index is 12.1. The average molecular weight is 461 g/mol. The summed E-state index contributed by atoms with van der Waals surface area (Å²) >= 11 is 0. The van der Waals surface area contributed by atoms with Crippen LogP contribution >= 0.6 is 0 Å². The minimum Gasteiger partial charge on any atom is -0.361 e. The lowest BCUT2D eigenvalue weighted by Gasteiger charge is -2.06. The van der Waals surface area contributed by atoms with Gasteiger partial charge < -0.3 is 15.7 Å². The second-order valence-electron chi connectivity index (χ2n) is 7.72. The number of nitrogens with two attached hydrogens (primary N) is 1. The standard InChI is InChI=1S/C16H16N2O2S.C10H12N2/c19-21(20,14-6-2-1-3-7-14)18-11-10-13-12-17-16-9-5-4-8-15(13)16;11-6-5-8-7-12-10-4-2-1-3-9(8)10/h1-9,12,17-18H,10-11H2;1-4,7,12H,5-6,11H2. The molecule has 5 N–H and O–H groups in total. The molecule has 0 atom stereocenters. The number of hydrogen-bond acceptors (Lipinski definition) is 3. The SMILES string of the molecule is NCCc1c[nH]c2ccccc12.O=S(=O)(NCCc1c[nH]c2ccccc12)c1ccccc1. The van der Waals surface area contributed by atoms with Gasteiger partial charge in [0.15, 0.2) is 0 Å². The molecule has 7 heteroatoms. The van der Waals surface area contributed by atoms with Crippen molar-refractivity contribution in [1.82, 2.24) is 14.7 Å². The Kier molecular flexibility index (Phi) is 7.24. The lowest BCUT2D eigenvalue weighted by Crippen LogP contribution is -2.25. The van der Waals surface area contributed by atoms with Crippen LogP contribution in [0.2, 0.25) is 0 Å². The summed E-state index contributed by atoms with van der Waals surface area (Å²) in [6, 6.07) is 24.7. The van der Waals surface area contributed by atoms with Crippen molar-refractivity contribution >= 4 is 31.8 Å². The average Bonchev–Trinajstić information content (AvgIpc) is 3.45. The van der Waals surface area contributed by atoms with Crippen LogP contribution in [0.3, 0.4) is 0 Å². The lowest BCUT2D eigenvalue weighted by molar-refractivity contribution is 0.581. The van der Waals surface area contributed by atoms with Crippen molar-refractivity contribution in [3.63, 3.8) is 0 Å². The quantitative estimate of drug-likeness (QED) is 0.290. The molecule has 0 aliphatic carbocycles. The lowest BCUT2D eigenvalue weighted by atomic mass is 10.1. The Hall–Kier alpha value is -3.39. The topological polar surface area (TPSA) is 104 Å². The molecule has 3 aromatic carbocycles. The predicted molar refractivity (Wildman–Crippen MR) is 135 cm³/mol. The largest absolute Gasteiger partial charge is 0.361 e. The second-order valence-corrected chi connectivity index (χ2v) is 9.49. The zero-order valence-corrected chi connectivity index (χ0v) is 19.1. The highest BCUT2D eigenvalue weighted by Crippen LogP contribution is 2.18. The molecule has 0 fully saturated rings. The number of para-hydroxylation sites is 2. The maximum atomic E-state index is 12.1. The van der Waals surface area contributed by atoms with Crippen LogP contribution in [0.1, 0.15) is 11.1 Å². The van der Waals surface area contributed by atoms with Crippen LogP contribution in [-0.4, -0.2) is 31.5 Å². The fourth-order valence-corrected chi connectivity index (χ4v) is 4.89. The van der Waals surface area contributed by atoms with Crippen LogP contribution < -0.4 is 10.5 Å². The molecule has 0 saturated heterocycles. The van der Waals surface area contributed by atoms with Gasteiger partial charge in [-0.1, -0.05) is 54.6 Å². The molecule has 0 saturated carbocycles. The molecular weight excluding hydrogens is 432 g/mol. The van der Waals surface area contributed by atoms with Gasteiger partial charge in [-0.15, -0.1) is 0 Å². The van der Waals surface area contributed by atoms with Gasteiger partial charge in [-0.25, -0.2) is 13.1 Å². The molecule has 2 aromatic heterocycles. The number of nitrogens with one attached hydrogen (secondary N) is 3. The normalized spacial score (nSPS) is 11.4. The van der Waals surface area contributed by atoms with E-state index in [1.54, 1.807) is 30.3 Å². The van der Waals surface area contributed by atoms with Crippen molar-refractivity contribution in [2.45, 2.75) is 17.7 Å². The van der Waals surface area contributed by atoms with Crippen LogP contribution in [0.5, 0.6) is 0 Å². The summed E-state index contributed by atoms with van der Waals surface area (Å²) in [7, 11) is -3.43. The van der Waals surface area contributed by atoms with E-state index < -0.39 is 10.0 Å². The molecule has 2 heterocycles. The molecule has 170 valence electrons. The van der Waals surface area contributed by atoms with Gasteiger partial charge in [0.1, 0.15) is 0 Å². The van der Waals surface area contributed by atoms with Crippen molar-refractivity contribution in [2.24, 2.45) is 5.73 Å². The molecular formula is C26H28N4O2S. The summed E-state index contributed by atoms with van der Waals surface area (Å²) in [5.41, 5.74) is 10.2. The minimum absolute atomic E-state index is 0.295. The Morgan fingerprint density at radius 1 is 0.697 bits per heavy atom. The second kappa shape index (κ2) is 10.5. The zero-order valence-electron chi connectivity index (χ0n) is 18.3. The summed E-state index contributed by atoms with van der Waals surface area (Å²) < 4.78 is 26.8. The molecule has 0 amide bonds. The molecule has 0 spiro atoms. The van der Waals surface area contributed by atoms with Gasteiger partial charge in [-0.2, -0.15) is 0 Å². The van der Waals surface area contributed by atoms with E-state index in [0.29, 0.717) is 24.4 Å². The number of fused-ring (bicyclic) bond motifs is 2. The van der Waals surface area contributed by atoms with E-state index in [0.717, 1.165) is 22.9 Å². The zero-order chi connectivity index (χ0) is 23.1. The van der Waals surface area contributed by atoms with E-state index in [1.165, 1.54) is 16.5 Å². The summed E-state index contributed by atoms with van der Waals surface area (Å²) in [6.45, 7) is 1.08. The van der Waals surface area contributed by atoms with Crippen molar-refractivity contribution in [2.75, 3.05) is 13.1 Å². The van der Waals surface area contributed by atoms with Crippen LogP contribution in [0.4, 0.5) is 0 Å². The molecule has 0 bridgehead atoms. The Bertz CT molecular complexity index is 1420. The van der Waals surface area contributed by atoms with Crippen LogP contribution in [0.15, 0.2) is 96.2 Å². The van der Waals surface area contributed by atoms with Gasteiger partial charge in [0, 0.05) is 40.7 Å². The predicted octanol–water partition coefficient (Wildman–Crippen LogP) is 4.36. The Morgan fingerprint density at radius 3 is 1.79 bits per heavy atom. The minimum atomic E-state index is -3.43. The highest BCUT2D eigenvalue weighted by atomic mass is 32.2. The van der Waals surface area contributed by atoms with Gasteiger partial charge in [0.2, 0.25) is 10.0 Å². The summed E-state index contributed by atoms with van der Waals surface area (Å²) in [5, 5.41) is 2.43. The first-order valence-electron chi connectivity index (χ1n) is 10.9. The number of hydrogen-bond donors (Lipinski definition) is 4. The molecule has 6 nitrogen and oxygen atoms in total. The number of sulfonamides is 1. The third-order valence-corrected chi connectivity index (χ3v) is 6.98. The van der Waals surface area contributed by atoms with Crippen molar-refractivity contribution in [3.8, 4) is 0 Å². The molecule has 0 aliphatic rings. The smallest absolute Gasteiger partial charge is 0.240 e. The van der Waals surface area contributed by atoms with Gasteiger partial charge >= 0.3 is 0 Å². The summed E-state index contributed by atoms with van der Waals surface area (Å²) in [6.07, 6.45) is 5.57.